The summed E-state index contributed by atoms with van der Waals surface area (Å²) < 4.78 is 0. The van der Waals surface area contributed by atoms with Gasteiger partial charge in [-0.25, -0.2) is 4.79 Å². The number of hydrogen-bond acceptors (Lipinski definition) is 1. The standard InChI is InChI=1S/C20H38O2/c1-4-5-6-7-8-10-13-19(17-16-18(2)3)14-11-9-12-15-20(21)22/h12,15,18-19H,4-11,13-14,16-17H2,1-3H3,(H,21,22)/b15-12+/t19-/m1/s1. The van der Waals surface area contributed by atoms with Crippen LogP contribution in [0.25, 0.3) is 0 Å². The highest BCUT2D eigenvalue weighted by Gasteiger charge is 2.09. The molecule has 0 aliphatic carbocycles. The summed E-state index contributed by atoms with van der Waals surface area (Å²) in [6.45, 7) is 6.87. The van der Waals surface area contributed by atoms with E-state index in [4.69, 9.17) is 5.11 Å². The fraction of sp³-hybridized carbons (Fsp3) is 0.850. The molecule has 0 aliphatic rings. The third-order valence-corrected chi connectivity index (χ3v) is 4.36. The van der Waals surface area contributed by atoms with Crippen LogP contribution in [0, 0.1) is 11.8 Å². The van der Waals surface area contributed by atoms with Gasteiger partial charge < -0.3 is 5.11 Å². The molecule has 0 saturated heterocycles. The van der Waals surface area contributed by atoms with Gasteiger partial charge in [-0.2, -0.15) is 0 Å². The van der Waals surface area contributed by atoms with Crippen LogP contribution in [0.1, 0.15) is 97.8 Å². The normalized spacial score (nSPS) is 13.1. The Bertz CT molecular complexity index is 281. The number of aliphatic carboxylic acids is 1. The minimum atomic E-state index is -0.830. The predicted molar refractivity (Wildman–Crippen MR) is 96.2 cm³/mol. The van der Waals surface area contributed by atoms with Gasteiger partial charge in [0.15, 0.2) is 0 Å². The van der Waals surface area contributed by atoms with Crippen molar-refractivity contribution in [3.8, 4) is 0 Å². The van der Waals surface area contributed by atoms with Gasteiger partial charge in [0.2, 0.25) is 0 Å². The second-order valence-corrected chi connectivity index (χ2v) is 7.07. The summed E-state index contributed by atoms with van der Waals surface area (Å²) >= 11 is 0. The Labute approximate surface area is 138 Å². The molecule has 2 nitrogen and oxygen atoms in total. The van der Waals surface area contributed by atoms with E-state index < -0.39 is 5.97 Å². The molecule has 0 aromatic heterocycles. The molecule has 0 aromatic rings. The fourth-order valence-corrected chi connectivity index (χ4v) is 2.92. The molecule has 0 unspecified atom stereocenters. The van der Waals surface area contributed by atoms with E-state index in [0.717, 1.165) is 24.7 Å². The summed E-state index contributed by atoms with van der Waals surface area (Å²) in [4.78, 5) is 10.4. The van der Waals surface area contributed by atoms with Crippen molar-refractivity contribution in [2.75, 3.05) is 0 Å². The Morgan fingerprint density at radius 1 is 0.909 bits per heavy atom. The zero-order valence-electron chi connectivity index (χ0n) is 15.2. The van der Waals surface area contributed by atoms with Gasteiger partial charge in [-0.15, -0.1) is 0 Å². The van der Waals surface area contributed by atoms with Gasteiger partial charge in [-0.1, -0.05) is 91.1 Å². The van der Waals surface area contributed by atoms with Crippen molar-refractivity contribution in [2.45, 2.75) is 97.8 Å². The lowest BCUT2D eigenvalue weighted by Crippen LogP contribution is -2.03. The zero-order valence-corrected chi connectivity index (χ0v) is 15.2. The summed E-state index contributed by atoms with van der Waals surface area (Å²) in [6.07, 6.45) is 18.6. The van der Waals surface area contributed by atoms with Gasteiger partial charge in [0.05, 0.1) is 0 Å². The third-order valence-electron chi connectivity index (χ3n) is 4.36. The number of carbonyl (C=O) groups is 1. The van der Waals surface area contributed by atoms with Crippen molar-refractivity contribution >= 4 is 5.97 Å². The van der Waals surface area contributed by atoms with Crippen LogP contribution in [0.3, 0.4) is 0 Å². The smallest absolute Gasteiger partial charge is 0.327 e. The fourth-order valence-electron chi connectivity index (χ4n) is 2.92. The second-order valence-electron chi connectivity index (χ2n) is 7.07. The first-order valence-electron chi connectivity index (χ1n) is 9.45. The maximum atomic E-state index is 10.4. The number of carboxylic acids is 1. The van der Waals surface area contributed by atoms with Crippen LogP contribution in [0.15, 0.2) is 12.2 Å². The summed E-state index contributed by atoms with van der Waals surface area (Å²) in [5.74, 6) is 0.800. The Kier molecular flexibility index (Phi) is 14.6. The van der Waals surface area contributed by atoms with E-state index in [1.165, 1.54) is 70.3 Å². The molecule has 22 heavy (non-hydrogen) atoms. The van der Waals surface area contributed by atoms with Crippen molar-refractivity contribution in [2.24, 2.45) is 11.8 Å². The third kappa shape index (κ3) is 15.6. The predicted octanol–water partition coefficient (Wildman–Crippen LogP) is 6.60. The largest absolute Gasteiger partial charge is 0.478 e. The first kappa shape index (κ1) is 21.2. The Balaban J connectivity index is 3.86. The van der Waals surface area contributed by atoms with Crippen molar-refractivity contribution in [1.82, 2.24) is 0 Å². The van der Waals surface area contributed by atoms with Gasteiger partial charge in [0.1, 0.15) is 0 Å². The van der Waals surface area contributed by atoms with E-state index in [9.17, 15) is 4.79 Å². The van der Waals surface area contributed by atoms with E-state index in [-0.39, 0.29) is 0 Å². The summed E-state index contributed by atoms with van der Waals surface area (Å²) in [6, 6.07) is 0. The first-order chi connectivity index (χ1) is 10.6. The number of hydrogen-bond donors (Lipinski definition) is 1. The van der Waals surface area contributed by atoms with E-state index in [1.807, 2.05) is 0 Å². The van der Waals surface area contributed by atoms with Crippen LogP contribution in [-0.4, -0.2) is 11.1 Å². The summed E-state index contributed by atoms with van der Waals surface area (Å²) in [5.41, 5.74) is 0. The molecule has 0 radical (unpaired) electrons. The van der Waals surface area contributed by atoms with Gasteiger partial charge in [0.25, 0.3) is 0 Å². The van der Waals surface area contributed by atoms with Crippen LogP contribution in [0.5, 0.6) is 0 Å². The molecule has 1 atom stereocenters. The van der Waals surface area contributed by atoms with Crippen molar-refractivity contribution in [1.29, 1.82) is 0 Å². The highest BCUT2D eigenvalue weighted by molar-refractivity contribution is 5.79. The highest BCUT2D eigenvalue weighted by Crippen LogP contribution is 2.24. The quantitative estimate of drug-likeness (QED) is 0.273. The van der Waals surface area contributed by atoms with Gasteiger partial charge >= 0.3 is 5.97 Å². The van der Waals surface area contributed by atoms with Crippen LogP contribution in [0.2, 0.25) is 0 Å². The number of allylic oxidation sites excluding steroid dienone is 1. The average Bonchev–Trinajstić information content (AvgIpc) is 2.46. The maximum absolute atomic E-state index is 10.4. The molecule has 0 heterocycles. The van der Waals surface area contributed by atoms with E-state index in [2.05, 4.69) is 20.8 Å². The SMILES string of the molecule is CCCCCCCC[C@H](CCC/C=C/C(=O)O)CCC(C)C. The van der Waals surface area contributed by atoms with Crippen molar-refractivity contribution in [3.63, 3.8) is 0 Å². The highest BCUT2D eigenvalue weighted by atomic mass is 16.4. The van der Waals surface area contributed by atoms with Crippen molar-refractivity contribution < 1.29 is 9.90 Å². The first-order valence-corrected chi connectivity index (χ1v) is 9.45. The Hall–Kier alpha value is -0.790. The number of carboxylic acid groups (broad SMARTS) is 1. The number of unbranched alkanes of at least 4 members (excludes halogenated alkanes) is 6. The summed E-state index contributed by atoms with van der Waals surface area (Å²) in [5, 5.41) is 8.59. The van der Waals surface area contributed by atoms with Crippen LogP contribution < -0.4 is 0 Å². The van der Waals surface area contributed by atoms with E-state index in [0.29, 0.717) is 0 Å². The lowest BCUT2D eigenvalue weighted by atomic mass is 9.88. The van der Waals surface area contributed by atoms with Gasteiger partial charge in [0, 0.05) is 6.08 Å². The van der Waals surface area contributed by atoms with Crippen LogP contribution >= 0.6 is 0 Å². The molecule has 0 aromatic carbocycles. The molecule has 0 spiro atoms. The molecule has 0 saturated carbocycles. The Morgan fingerprint density at radius 3 is 2.18 bits per heavy atom. The average molecular weight is 311 g/mol. The minimum absolute atomic E-state index is 0.791. The maximum Gasteiger partial charge on any atom is 0.327 e. The molecule has 0 fully saturated rings. The lowest BCUT2D eigenvalue weighted by Gasteiger charge is -2.17. The van der Waals surface area contributed by atoms with Crippen LogP contribution in [-0.2, 0) is 4.79 Å². The minimum Gasteiger partial charge on any atom is -0.478 e. The molecular weight excluding hydrogens is 272 g/mol. The second kappa shape index (κ2) is 15.1. The molecule has 2 heteroatoms. The molecule has 1 N–H and O–H groups in total. The number of rotatable bonds is 15. The molecular formula is C20H38O2. The molecule has 130 valence electrons. The summed E-state index contributed by atoms with van der Waals surface area (Å²) in [7, 11) is 0. The van der Waals surface area contributed by atoms with Crippen molar-refractivity contribution in [3.05, 3.63) is 12.2 Å². The monoisotopic (exact) mass is 310 g/mol. The van der Waals surface area contributed by atoms with Gasteiger partial charge in [-0.05, 0) is 24.7 Å². The van der Waals surface area contributed by atoms with Gasteiger partial charge in [-0.3, -0.25) is 0 Å². The van der Waals surface area contributed by atoms with E-state index >= 15 is 0 Å². The molecule has 0 aliphatic heterocycles. The van der Waals surface area contributed by atoms with Crippen LogP contribution in [0.4, 0.5) is 0 Å². The molecule has 0 rings (SSSR count). The Morgan fingerprint density at radius 2 is 1.55 bits per heavy atom. The molecule has 0 bridgehead atoms. The zero-order chi connectivity index (χ0) is 16.6. The molecule has 0 amide bonds. The van der Waals surface area contributed by atoms with E-state index in [1.54, 1.807) is 6.08 Å². The topological polar surface area (TPSA) is 37.3 Å². The lowest BCUT2D eigenvalue weighted by molar-refractivity contribution is -0.131.